The summed E-state index contributed by atoms with van der Waals surface area (Å²) in [6.07, 6.45) is -0.100. The van der Waals surface area contributed by atoms with Gasteiger partial charge >= 0.3 is 0 Å². The second-order valence-electron chi connectivity index (χ2n) is 3.24. The van der Waals surface area contributed by atoms with Crippen LogP contribution < -0.4 is 10.6 Å². The van der Waals surface area contributed by atoms with Gasteiger partial charge in [0, 0.05) is 13.0 Å². The molecule has 2 amide bonds. The molecule has 0 aliphatic carbocycles. The van der Waals surface area contributed by atoms with Gasteiger partial charge in [0.25, 0.3) is 0 Å². The number of hydrogen-bond acceptors (Lipinski definition) is 4. The van der Waals surface area contributed by atoms with Crippen LogP contribution in [0.3, 0.4) is 0 Å². The van der Waals surface area contributed by atoms with E-state index in [1.807, 2.05) is 0 Å². The van der Waals surface area contributed by atoms with E-state index in [4.69, 9.17) is 10.2 Å². The van der Waals surface area contributed by atoms with Gasteiger partial charge in [-0.25, -0.2) is 0 Å². The van der Waals surface area contributed by atoms with Crippen molar-refractivity contribution in [1.82, 2.24) is 10.6 Å². The van der Waals surface area contributed by atoms with Crippen LogP contribution in [0.5, 0.6) is 0 Å². The fourth-order valence-corrected chi connectivity index (χ4v) is 1.22. The molecule has 0 saturated carbocycles. The lowest BCUT2D eigenvalue weighted by atomic mass is 10.2. The zero-order valence-electron chi connectivity index (χ0n) is 7.69. The molecule has 0 spiro atoms. The van der Waals surface area contributed by atoms with Crippen LogP contribution in [0.15, 0.2) is 0 Å². The number of carbonyl (C=O) groups is 2. The van der Waals surface area contributed by atoms with Gasteiger partial charge in [-0.1, -0.05) is 0 Å². The zero-order valence-corrected chi connectivity index (χ0v) is 7.69. The van der Waals surface area contributed by atoms with E-state index in [0.717, 1.165) is 0 Å². The summed E-state index contributed by atoms with van der Waals surface area (Å²) in [5.41, 5.74) is 0. The minimum absolute atomic E-state index is 0.00169. The van der Waals surface area contributed by atoms with Crippen molar-refractivity contribution in [3.8, 4) is 0 Å². The number of aliphatic hydroxyl groups is 2. The van der Waals surface area contributed by atoms with Crippen molar-refractivity contribution >= 4 is 11.8 Å². The molecule has 1 rings (SSSR count). The maximum Gasteiger partial charge on any atom is 0.242 e. The van der Waals surface area contributed by atoms with Crippen LogP contribution >= 0.6 is 0 Å². The molecule has 14 heavy (non-hydrogen) atoms. The van der Waals surface area contributed by atoms with Crippen LogP contribution in [0.25, 0.3) is 0 Å². The normalized spacial score (nSPS) is 23.0. The van der Waals surface area contributed by atoms with Crippen LogP contribution in [0.2, 0.25) is 0 Å². The summed E-state index contributed by atoms with van der Waals surface area (Å²) in [6.45, 7) is -0.390. The first-order chi connectivity index (χ1) is 6.63. The van der Waals surface area contributed by atoms with Gasteiger partial charge < -0.3 is 20.8 Å². The van der Waals surface area contributed by atoms with Crippen LogP contribution in [-0.2, 0) is 9.59 Å². The molecule has 1 heterocycles. The molecule has 6 heteroatoms. The van der Waals surface area contributed by atoms with Gasteiger partial charge in [0.05, 0.1) is 12.7 Å². The molecule has 0 bridgehead atoms. The molecule has 0 radical (unpaired) electrons. The Balaban J connectivity index is 2.25. The lowest BCUT2D eigenvalue weighted by Gasteiger charge is -2.12. The number of carbonyl (C=O) groups excluding carboxylic acids is 2. The second kappa shape index (κ2) is 4.92. The third-order valence-corrected chi connectivity index (χ3v) is 2.03. The first-order valence-corrected chi connectivity index (χ1v) is 4.49. The Morgan fingerprint density at radius 3 is 2.93 bits per heavy atom. The Kier molecular flexibility index (Phi) is 3.84. The first-order valence-electron chi connectivity index (χ1n) is 4.49. The molecule has 1 saturated heterocycles. The third-order valence-electron chi connectivity index (χ3n) is 2.03. The minimum Gasteiger partial charge on any atom is -0.394 e. The van der Waals surface area contributed by atoms with Crippen molar-refractivity contribution in [3.63, 3.8) is 0 Å². The molecule has 1 fully saturated rings. The van der Waals surface area contributed by atoms with E-state index in [1.54, 1.807) is 0 Å². The standard InChI is InChI=1S/C8H14N2O4/c11-4-5(12)3-9-8(14)6-1-2-7(13)10-6/h5-6,11-12H,1-4H2,(H,9,14)(H,10,13). The first kappa shape index (κ1) is 10.9. The topological polar surface area (TPSA) is 98.7 Å². The van der Waals surface area contributed by atoms with Crippen molar-refractivity contribution in [3.05, 3.63) is 0 Å². The summed E-state index contributed by atoms with van der Waals surface area (Å²) in [6, 6.07) is -0.492. The molecule has 0 aromatic carbocycles. The lowest BCUT2D eigenvalue weighted by molar-refractivity contribution is -0.126. The van der Waals surface area contributed by atoms with Gasteiger partial charge in [-0.3, -0.25) is 9.59 Å². The van der Waals surface area contributed by atoms with Crippen molar-refractivity contribution in [1.29, 1.82) is 0 Å². The van der Waals surface area contributed by atoms with Crippen molar-refractivity contribution in [2.24, 2.45) is 0 Å². The van der Waals surface area contributed by atoms with Gasteiger partial charge in [-0.05, 0) is 6.42 Å². The summed E-state index contributed by atoms with van der Waals surface area (Å²) in [7, 11) is 0. The van der Waals surface area contributed by atoms with Crippen LogP contribution in [-0.4, -0.2) is 47.3 Å². The molecule has 1 aliphatic rings. The summed E-state index contributed by atoms with van der Waals surface area (Å²) in [5, 5.41) is 22.4. The van der Waals surface area contributed by atoms with E-state index >= 15 is 0 Å². The summed E-state index contributed by atoms with van der Waals surface area (Å²) in [5.74, 6) is -0.448. The Morgan fingerprint density at radius 2 is 2.43 bits per heavy atom. The smallest absolute Gasteiger partial charge is 0.242 e. The Bertz CT molecular complexity index is 231. The van der Waals surface area contributed by atoms with E-state index in [9.17, 15) is 9.59 Å². The van der Waals surface area contributed by atoms with Gasteiger partial charge in [0.1, 0.15) is 6.04 Å². The molecule has 80 valence electrons. The highest BCUT2D eigenvalue weighted by Gasteiger charge is 2.26. The fraction of sp³-hybridized carbons (Fsp3) is 0.750. The molecule has 1 aliphatic heterocycles. The maximum atomic E-state index is 11.3. The van der Waals surface area contributed by atoms with Gasteiger partial charge in [0.15, 0.2) is 0 Å². The average molecular weight is 202 g/mol. The number of nitrogens with one attached hydrogen (secondary N) is 2. The number of rotatable bonds is 4. The quantitative estimate of drug-likeness (QED) is 0.413. The SMILES string of the molecule is O=C1CCC(C(=O)NCC(O)CO)N1. The zero-order chi connectivity index (χ0) is 10.6. The molecule has 4 N–H and O–H groups in total. The monoisotopic (exact) mass is 202 g/mol. The van der Waals surface area contributed by atoms with Crippen LogP contribution in [0, 0.1) is 0 Å². The van der Waals surface area contributed by atoms with Crippen LogP contribution in [0.1, 0.15) is 12.8 Å². The van der Waals surface area contributed by atoms with E-state index in [0.29, 0.717) is 12.8 Å². The highest BCUT2D eigenvalue weighted by atomic mass is 16.3. The largest absolute Gasteiger partial charge is 0.394 e. The van der Waals surface area contributed by atoms with E-state index in [-0.39, 0.29) is 18.4 Å². The highest BCUT2D eigenvalue weighted by Crippen LogP contribution is 2.05. The van der Waals surface area contributed by atoms with Gasteiger partial charge in [-0.2, -0.15) is 0 Å². The second-order valence-corrected chi connectivity index (χ2v) is 3.24. The predicted octanol–water partition coefficient (Wildman–Crippen LogP) is -2.27. The van der Waals surface area contributed by atoms with Gasteiger partial charge in [0.2, 0.25) is 11.8 Å². The summed E-state index contributed by atoms with van der Waals surface area (Å²) < 4.78 is 0. The Hall–Kier alpha value is -1.14. The van der Waals surface area contributed by atoms with Crippen LogP contribution in [0.4, 0.5) is 0 Å². The maximum absolute atomic E-state index is 11.3. The van der Waals surface area contributed by atoms with E-state index < -0.39 is 18.8 Å². The highest BCUT2D eigenvalue weighted by molar-refractivity contribution is 5.90. The van der Waals surface area contributed by atoms with E-state index in [1.165, 1.54) is 0 Å². The molecular formula is C8H14N2O4. The molecule has 0 aromatic rings. The van der Waals surface area contributed by atoms with Crippen molar-refractivity contribution < 1.29 is 19.8 Å². The van der Waals surface area contributed by atoms with E-state index in [2.05, 4.69) is 10.6 Å². The minimum atomic E-state index is -0.948. The molecule has 2 unspecified atom stereocenters. The molecular weight excluding hydrogens is 188 g/mol. The van der Waals surface area contributed by atoms with Crippen molar-refractivity contribution in [2.75, 3.05) is 13.2 Å². The summed E-state index contributed by atoms with van der Waals surface area (Å²) >= 11 is 0. The number of aliphatic hydroxyl groups excluding tert-OH is 2. The van der Waals surface area contributed by atoms with Crippen molar-refractivity contribution in [2.45, 2.75) is 25.0 Å². The Labute approximate surface area is 81.3 Å². The molecule has 0 aromatic heterocycles. The fourth-order valence-electron chi connectivity index (χ4n) is 1.22. The lowest BCUT2D eigenvalue weighted by Crippen LogP contribution is -2.44. The number of hydrogen-bond donors (Lipinski definition) is 4. The molecule has 2 atom stereocenters. The third kappa shape index (κ3) is 2.97. The van der Waals surface area contributed by atoms with Gasteiger partial charge in [-0.15, -0.1) is 0 Å². The average Bonchev–Trinajstić information content (AvgIpc) is 2.60. The predicted molar refractivity (Wildman–Crippen MR) is 47.3 cm³/mol. The Morgan fingerprint density at radius 1 is 1.71 bits per heavy atom. The summed E-state index contributed by atoms with van der Waals surface area (Å²) in [4.78, 5) is 22.1. The number of amides is 2. The molecule has 6 nitrogen and oxygen atoms in total.